The number of pyridine rings is 1. The van der Waals surface area contributed by atoms with E-state index in [9.17, 15) is 4.79 Å². The Labute approximate surface area is 104 Å². The topological polar surface area (TPSA) is 68.0 Å². The second kappa shape index (κ2) is 3.94. The molecule has 1 fully saturated rings. The fourth-order valence-electron chi connectivity index (χ4n) is 1.96. The second-order valence-corrected chi connectivity index (χ2v) is 4.57. The Morgan fingerprint density at radius 1 is 1.39 bits per heavy atom. The first-order chi connectivity index (χ1) is 8.65. The highest BCUT2D eigenvalue weighted by Gasteiger charge is 2.26. The number of carboxylic acids is 1. The van der Waals surface area contributed by atoms with Gasteiger partial charge in [0.25, 0.3) is 0 Å². The van der Waals surface area contributed by atoms with Crippen LogP contribution in [0, 0.1) is 6.92 Å². The molecule has 2 aromatic rings. The molecule has 0 saturated heterocycles. The van der Waals surface area contributed by atoms with Gasteiger partial charge in [-0.25, -0.2) is 14.5 Å². The van der Waals surface area contributed by atoms with Crippen LogP contribution in [0.25, 0.3) is 5.82 Å². The first-order valence-electron chi connectivity index (χ1n) is 5.92. The highest BCUT2D eigenvalue weighted by molar-refractivity contribution is 5.88. The molecule has 1 saturated carbocycles. The normalized spacial score (nSPS) is 14.7. The van der Waals surface area contributed by atoms with E-state index in [1.54, 1.807) is 23.7 Å². The molecular formula is C13H13N3O2. The van der Waals surface area contributed by atoms with Crippen molar-refractivity contribution in [3.8, 4) is 5.82 Å². The summed E-state index contributed by atoms with van der Waals surface area (Å²) in [6.45, 7) is 1.69. The van der Waals surface area contributed by atoms with Crippen LogP contribution in [0.3, 0.4) is 0 Å². The molecule has 0 bridgehead atoms. The van der Waals surface area contributed by atoms with Crippen LogP contribution in [0.4, 0.5) is 0 Å². The number of carbonyl (C=O) groups is 1. The lowest BCUT2D eigenvalue weighted by molar-refractivity contribution is 0.0695. The molecule has 92 valence electrons. The standard InChI is InChI=1S/C13H13N3O2/c1-8-10(13(17)18)4-5-12(14-8)16-7-6-11(15-16)9-2-3-9/h4-7,9H,2-3H2,1H3,(H,17,18). The zero-order chi connectivity index (χ0) is 12.7. The molecule has 0 spiro atoms. The van der Waals surface area contributed by atoms with Gasteiger partial charge in [0.1, 0.15) is 0 Å². The van der Waals surface area contributed by atoms with E-state index in [2.05, 4.69) is 10.1 Å². The lowest BCUT2D eigenvalue weighted by Gasteiger charge is -2.04. The van der Waals surface area contributed by atoms with Gasteiger partial charge in [0.05, 0.1) is 17.0 Å². The number of rotatable bonds is 3. The van der Waals surface area contributed by atoms with E-state index in [0.29, 0.717) is 17.4 Å². The van der Waals surface area contributed by atoms with Gasteiger partial charge in [-0.2, -0.15) is 5.10 Å². The SMILES string of the molecule is Cc1nc(-n2ccc(C3CC3)n2)ccc1C(=O)O. The summed E-state index contributed by atoms with van der Waals surface area (Å²) < 4.78 is 1.70. The van der Waals surface area contributed by atoms with E-state index in [1.807, 2.05) is 12.3 Å². The lowest BCUT2D eigenvalue weighted by atomic mass is 10.2. The molecule has 18 heavy (non-hydrogen) atoms. The number of aromatic nitrogens is 3. The highest BCUT2D eigenvalue weighted by Crippen LogP contribution is 2.38. The second-order valence-electron chi connectivity index (χ2n) is 4.57. The molecule has 2 aromatic heterocycles. The minimum Gasteiger partial charge on any atom is -0.478 e. The van der Waals surface area contributed by atoms with Crippen LogP contribution in [-0.4, -0.2) is 25.8 Å². The number of nitrogens with zero attached hydrogens (tertiary/aromatic N) is 3. The van der Waals surface area contributed by atoms with Gasteiger partial charge in [-0.1, -0.05) is 0 Å². The van der Waals surface area contributed by atoms with Crippen molar-refractivity contribution in [2.45, 2.75) is 25.7 Å². The van der Waals surface area contributed by atoms with Gasteiger partial charge < -0.3 is 5.11 Å². The van der Waals surface area contributed by atoms with Crippen molar-refractivity contribution in [3.05, 3.63) is 41.3 Å². The molecule has 3 rings (SSSR count). The Balaban J connectivity index is 1.95. The van der Waals surface area contributed by atoms with Crippen LogP contribution in [0.1, 0.15) is 40.5 Å². The molecule has 1 aliphatic rings. The summed E-state index contributed by atoms with van der Waals surface area (Å²) in [6.07, 6.45) is 4.29. The Bertz CT molecular complexity index is 614. The van der Waals surface area contributed by atoms with Crippen LogP contribution >= 0.6 is 0 Å². The maximum atomic E-state index is 10.9. The number of aromatic carboxylic acids is 1. The number of hydrogen-bond acceptors (Lipinski definition) is 3. The van der Waals surface area contributed by atoms with Crippen molar-refractivity contribution in [3.63, 3.8) is 0 Å². The average molecular weight is 243 g/mol. The third kappa shape index (κ3) is 1.88. The van der Waals surface area contributed by atoms with E-state index in [4.69, 9.17) is 5.11 Å². The predicted octanol–water partition coefficient (Wildman–Crippen LogP) is 2.15. The molecular weight excluding hydrogens is 230 g/mol. The van der Waals surface area contributed by atoms with Crippen LogP contribution in [-0.2, 0) is 0 Å². The fourth-order valence-corrected chi connectivity index (χ4v) is 1.96. The van der Waals surface area contributed by atoms with Gasteiger partial charge in [0, 0.05) is 12.1 Å². The largest absolute Gasteiger partial charge is 0.478 e. The average Bonchev–Trinajstić information content (AvgIpc) is 3.06. The zero-order valence-corrected chi connectivity index (χ0v) is 10.00. The molecule has 5 heteroatoms. The van der Waals surface area contributed by atoms with Crippen molar-refractivity contribution in [2.24, 2.45) is 0 Å². The molecule has 0 unspecified atom stereocenters. The summed E-state index contributed by atoms with van der Waals surface area (Å²) in [5.74, 6) is 0.306. The third-order valence-electron chi connectivity index (χ3n) is 3.14. The first-order valence-corrected chi connectivity index (χ1v) is 5.92. The number of carboxylic acid groups (broad SMARTS) is 1. The smallest absolute Gasteiger partial charge is 0.337 e. The maximum absolute atomic E-state index is 10.9. The van der Waals surface area contributed by atoms with E-state index in [1.165, 1.54) is 12.8 Å². The lowest BCUT2D eigenvalue weighted by Crippen LogP contribution is -2.06. The van der Waals surface area contributed by atoms with E-state index in [-0.39, 0.29) is 5.56 Å². The molecule has 2 heterocycles. The third-order valence-corrected chi connectivity index (χ3v) is 3.14. The first kappa shape index (κ1) is 11.0. The molecule has 0 aromatic carbocycles. The van der Waals surface area contributed by atoms with Crippen LogP contribution < -0.4 is 0 Å². The van der Waals surface area contributed by atoms with Crippen molar-refractivity contribution in [1.29, 1.82) is 0 Å². The number of hydrogen-bond donors (Lipinski definition) is 1. The van der Waals surface area contributed by atoms with Crippen molar-refractivity contribution in [1.82, 2.24) is 14.8 Å². The van der Waals surface area contributed by atoms with Gasteiger partial charge in [-0.3, -0.25) is 0 Å². The fraction of sp³-hybridized carbons (Fsp3) is 0.308. The molecule has 1 N–H and O–H groups in total. The van der Waals surface area contributed by atoms with E-state index < -0.39 is 5.97 Å². The summed E-state index contributed by atoms with van der Waals surface area (Å²) in [7, 11) is 0. The molecule has 1 aliphatic carbocycles. The van der Waals surface area contributed by atoms with E-state index in [0.717, 1.165) is 5.69 Å². The summed E-state index contributed by atoms with van der Waals surface area (Å²) in [4.78, 5) is 15.2. The predicted molar refractivity (Wildman–Crippen MR) is 65.0 cm³/mol. The summed E-state index contributed by atoms with van der Waals surface area (Å²) in [5.41, 5.74) is 1.83. The molecule has 0 amide bonds. The Hall–Kier alpha value is -2.17. The molecule has 5 nitrogen and oxygen atoms in total. The maximum Gasteiger partial charge on any atom is 0.337 e. The molecule has 0 radical (unpaired) electrons. The Morgan fingerprint density at radius 2 is 2.17 bits per heavy atom. The zero-order valence-electron chi connectivity index (χ0n) is 10.00. The minimum absolute atomic E-state index is 0.230. The summed E-state index contributed by atoms with van der Waals surface area (Å²) >= 11 is 0. The van der Waals surface area contributed by atoms with Gasteiger partial charge >= 0.3 is 5.97 Å². The van der Waals surface area contributed by atoms with Crippen molar-refractivity contribution >= 4 is 5.97 Å². The van der Waals surface area contributed by atoms with Crippen molar-refractivity contribution in [2.75, 3.05) is 0 Å². The van der Waals surface area contributed by atoms with Crippen LogP contribution in [0.15, 0.2) is 24.4 Å². The quantitative estimate of drug-likeness (QED) is 0.896. The monoisotopic (exact) mass is 243 g/mol. The van der Waals surface area contributed by atoms with Gasteiger partial charge in [0.2, 0.25) is 0 Å². The van der Waals surface area contributed by atoms with Crippen LogP contribution in [0.2, 0.25) is 0 Å². The Kier molecular flexibility index (Phi) is 2.40. The van der Waals surface area contributed by atoms with Gasteiger partial charge in [0.15, 0.2) is 5.82 Å². The molecule has 0 aliphatic heterocycles. The summed E-state index contributed by atoms with van der Waals surface area (Å²) in [5, 5.41) is 13.4. The van der Waals surface area contributed by atoms with E-state index >= 15 is 0 Å². The highest BCUT2D eigenvalue weighted by atomic mass is 16.4. The van der Waals surface area contributed by atoms with Gasteiger partial charge in [-0.05, 0) is 38.0 Å². The minimum atomic E-state index is -0.953. The van der Waals surface area contributed by atoms with Crippen LogP contribution in [0.5, 0.6) is 0 Å². The van der Waals surface area contributed by atoms with Crippen molar-refractivity contribution < 1.29 is 9.90 Å². The number of aryl methyl sites for hydroxylation is 1. The molecule has 0 atom stereocenters. The Morgan fingerprint density at radius 3 is 2.78 bits per heavy atom. The van der Waals surface area contributed by atoms with Gasteiger partial charge in [-0.15, -0.1) is 0 Å². The summed E-state index contributed by atoms with van der Waals surface area (Å²) in [6, 6.07) is 5.25.